The van der Waals surface area contributed by atoms with Gasteiger partial charge in [0.1, 0.15) is 0 Å². The number of hydrogen-bond acceptors (Lipinski definition) is 2. The Morgan fingerprint density at radius 2 is 2.33 bits per heavy atom. The normalized spacial score (nSPS) is 28.9. The van der Waals surface area contributed by atoms with E-state index in [-0.39, 0.29) is 0 Å². The molecule has 1 aromatic carbocycles. The predicted octanol–water partition coefficient (Wildman–Crippen LogP) is 4.47. The molecule has 96 valence electrons. The Kier molecular flexibility index (Phi) is 4.01. The molecule has 2 nitrogen and oxygen atoms in total. The monoisotopic (exact) mass is 327 g/mol. The maximum absolute atomic E-state index is 10.5. The van der Waals surface area contributed by atoms with Crippen molar-refractivity contribution in [2.24, 2.45) is 11.3 Å². The quantitative estimate of drug-likeness (QED) is 0.870. The van der Waals surface area contributed by atoms with Crippen molar-refractivity contribution < 1.29 is 5.11 Å². The zero-order chi connectivity index (χ0) is 13.3. The summed E-state index contributed by atoms with van der Waals surface area (Å²) in [4.78, 5) is 0. The molecule has 0 aliphatic heterocycles. The van der Waals surface area contributed by atoms with Crippen LogP contribution in [0.3, 0.4) is 0 Å². The number of nitrogens with zero attached hydrogens (tertiary/aromatic N) is 1. The number of nitriles is 1. The highest BCUT2D eigenvalue weighted by molar-refractivity contribution is 9.10. The fourth-order valence-corrected chi connectivity index (χ4v) is 3.54. The van der Waals surface area contributed by atoms with Gasteiger partial charge in [0.25, 0.3) is 0 Å². The van der Waals surface area contributed by atoms with Crippen molar-refractivity contribution in [2.75, 3.05) is 0 Å². The van der Waals surface area contributed by atoms with E-state index in [1.807, 2.05) is 6.07 Å². The van der Waals surface area contributed by atoms with Gasteiger partial charge in [0.05, 0.1) is 17.6 Å². The minimum absolute atomic E-state index is 0.480. The van der Waals surface area contributed by atoms with Crippen LogP contribution < -0.4 is 0 Å². The van der Waals surface area contributed by atoms with Gasteiger partial charge in [-0.2, -0.15) is 5.26 Å². The zero-order valence-electron chi connectivity index (χ0n) is 10.2. The van der Waals surface area contributed by atoms with Gasteiger partial charge >= 0.3 is 0 Å². The fraction of sp³-hybridized carbons (Fsp3) is 0.500. The molecule has 1 aromatic rings. The third-order valence-electron chi connectivity index (χ3n) is 3.80. The number of aliphatic hydroxyl groups excluding tert-OH is 1. The first-order valence-corrected chi connectivity index (χ1v) is 7.20. The lowest BCUT2D eigenvalue weighted by atomic mass is 9.78. The second-order valence-electron chi connectivity index (χ2n) is 5.18. The minimum atomic E-state index is -0.812. The van der Waals surface area contributed by atoms with E-state index in [0.717, 1.165) is 23.7 Å². The molecule has 4 heteroatoms. The van der Waals surface area contributed by atoms with Crippen molar-refractivity contribution in [2.45, 2.75) is 32.3 Å². The number of halogens is 2. The van der Waals surface area contributed by atoms with E-state index in [0.29, 0.717) is 16.5 Å². The second kappa shape index (κ2) is 5.21. The summed E-state index contributed by atoms with van der Waals surface area (Å²) in [6.45, 7) is 2.12. The molecule has 0 amide bonds. The second-order valence-corrected chi connectivity index (χ2v) is 6.51. The van der Waals surface area contributed by atoms with E-state index < -0.39 is 11.5 Å². The van der Waals surface area contributed by atoms with E-state index in [4.69, 9.17) is 11.6 Å². The topological polar surface area (TPSA) is 44.0 Å². The van der Waals surface area contributed by atoms with Crippen molar-refractivity contribution in [1.29, 1.82) is 5.26 Å². The Morgan fingerprint density at radius 3 is 2.83 bits per heavy atom. The van der Waals surface area contributed by atoms with Gasteiger partial charge < -0.3 is 5.11 Å². The van der Waals surface area contributed by atoms with Crippen LogP contribution in [0.1, 0.15) is 37.9 Å². The molecular formula is C14H15BrClNO. The molecule has 1 saturated carbocycles. The lowest BCUT2D eigenvalue weighted by molar-refractivity contribution is 0.0648. The van der Waals surface area contributed by atoms with Gasteiger partial charge in [-0.3, -0.25) is 0 Å². The fourth-order valence-electron chi connectivity index (χ4n) is 2.76. The lowest BCUT2D eigenvalue weighted by Crippen LogP contribution is -2.24. The van der Waals surface area contributed by atoms with E-state index >= 15 is 0 Å². The Labute approximate surface area is 121 Å². The number of rotatable bonds is 2. The van der Waals surface area contributed by atoms with E-state index in [1.54, 1.807) is 12.1 Å². The Bertz CT molecular complexity index is 499. The average Bonchev–Trinajstić information content (AvgIpc) is 2.71. The summed E-state index contributed by atoms with van der Waals surface area (Å²) in [5, 5.41) is 20.5. The van der Waals surface area contributed by atoms with Gasteiger partial charge in [-0.25, -0.2) is 0 Å². The molecule has 0 aromatic heterocycles. The molecule has 3 unspecified atom stereocenters. The first-order valence-electron chi connectivity index (χ1n) is 6.03. The molecule has 1 fully saturated rings. The van der Waals surface area contributed by atoms with Crippen molar-refractivity contribution in [1.82, 2.24) is 0 Å². The van der Waals surface area contributed by atoms with Gasteiger partial charge in [0.2, 0.25) is 0 Å². The molecule has 3 atom stereocenters. The standard InChI is InChI=1S/C14H15BrClNO/c1-9-4-5-14(7-9,8-17)13(18)11-3-2-10(15)6-12(11)16/h2-3,6,9,13,18H,4-5,7H2,1H3. The highest BCUT2D eigenvalue weighted by atomic mass is 79.9. The molecule has 2 rings (SSSR count). The number of aliphatic hydroxyl groups is 1. The number of hydrogen-bond donors (Lipinski definition) is 1. The summed E-state index contributed by atoms with van der Waals surface area (Å²) in [6, 6.07) is 7.71. The van der Waals surface area contributed by atoms with Gasteiger partial charge in [-0.05, 0) is 37.3 Å². The molecule has 0 spiro atoms. The molecule has 1 aliphatic rings. The average molecular weight is 329 g/mol. The largest absolute Gasteiger partial charge is 0.387 e. The van der Waals surface area contributed by atoms with Crippen LogP contribution in [0.5, 0.6) is 0 Å². The summed E-state index contributed by atoms with van der Waals surface area (Å²) in [6.07, 6.45) is 1.64. The molecular weight excluding hydrogens is 314 g/mol. The summed E-state index contributed by atoms with van der Waals surface area (Å²) in [7, 11) is 0. The Balaban J connectivity index is 2.36. The molecule has 0 radical (unpaired) electrons. The summed E-state index contributed by atoms with van der Waals surface area (Å²) in [5.74, 6) is 0.480. The van der Waals surface area contributed by atoms with Crippen LogP contribution >= 0.6 is 27.5 Å². The number of benzene rings is 1. The zero-order valence-corrected chi connectivity index (χ0v) is 12.5. The van der Waals surface area contributed by atoms with Crippen LogP contribution in [0.15, 0.2) is 22.7 Å². The summed E-state index contributed by atoms with van der Waals surface area (Å²) in [5.41, 5.74) is -0.0350. The maximum Gasteiger partial charge on any atom is 0.0990 e. The molecule has 18 heavy (non-hydrogen) atoms. The molecule has 0 saturated heterocycles. The summed E-state index contributed by atoms with van der Waals surface area (Å²) < 4.78 is 0.870. The van der Waals surface area contributed by atoms with Crippen LogP contribution in [0.25, 0.3) is 0 Å². The highest BCUT2D eigenvalue weighted by Gasteiger charge is 2.45. The van der Waals surface area contributed by atoms with E-state index in [9.17, 15) is 10.4 Å². The van der Waals surface area contributed by atoms with Gasteiger partial charge in [-0.1, -0.05) is 40.5 Å². The van der Waals surface area contributed by atoms with Gasteiger partial charge in [0.15, 0.2) is 0 Å². The molecule has 1 N–H and O–H groups in total. The van der Waals surface area contributed by atoms with Crippen molar-refractivity contribution in [3.63, 3.8) is 0 Å². The molecule has 0 bridgehead atoms. The predicted molar refractivity (Wildman–Crippen MR) is 75.2 cm³/mol. The van der Waals surface area contributed by atoms with Crippen molar-refractivity contribution in [3.05, 3.63) is 33.3 Å². The minimum Gasteiger partial charge on any atom is -0.387 e. The maximum atomic E-state index is 10.5. The van der Waals surface area contributed by atoms with E-state index in [1.165, 1.54) is 0 Å². The molecule has 0 heterocycles. The SMILES string of the molecule is CC1CCC(C#N)(C(O)c2ccc(Br)cc2Cl)C1. The Hall–Kier alpha value is -0.560. The van der Waals surface area contributed by atoms with Crippen LogP contribution in [0.2, 0.25) is 5.02 Å². The van der Waals surface area contributed by atoms with Crippen LogP contribution in [0, 0.1) is 22.7 Å². The van der Waals surface area contributed by atoms with Crippen LogP contribution in [0.4, 0.5) is 0 Å². The van der Waals surface area contributed by atoms with Gasteiger partial charge in [0, 0.05) is 15.1 Å². The van der Waals surface area contributed by atoms with Crippen molar-refractivity contribution >= 4 is 27.5 Å². The van der Waals surface area contributed by atoms with Crippen molar-refractivity contribution in [3.8, 4) is 6.07 Å². The smallest absolute Gasteiger partial charge is 0.0990 e. The lowest BCUT2D eigenvalue weighted by Gasteiger charge is -2.28. The van der Waals surface area contributed by atoms with E-state index in [2.05, 4.69) is 28.9 Å². The molecule has 1 aliphatic carbocycles. The van der Waals surface area contributed by atoms with Gasteiger partial charge in [-0.15, -0.1) is 0 Å². The highest BCUT2D eigenvalue weighted by Crippen LogP contribution is 2.50. The first-order chi connectivity index (χ1) is 8.48. The Morgan fingerprint density at radius 1 is 1.61 bits per heavy atom. The third-order valence-corrected chi connectivity index (χ3v) is 4.62. The summed E-state index contributed by atoms with van der Waals surface area (Å²) >= 11 is 9.50. The third kappa shape index (κ3) is 2.42. The first kappa shape index (κ1) is 13.9. The van der Waals surface area contributed by atoms with Crippen LogP contribution in [-0.2, 0) is 0 Å². The van der Waals surface area contributed by atoms with Crippen LogP contribution in [-0.4, -0.2) is 5.11 Å².